The van der Waals surface area contributed by atoms with Gasteiger partial charge in [0, 0.05) is 30.9 Å². The standard InChI is InChI=1S/C24H27FN4O3/c25-19-6-2-1-4-17(19)16-5-3-7-20-18(16)8-9-29(20)24(31)14-21-26-22(15-23(30)27-21)28-10-12-32-13-11-28/h1-7,21-22,26H,8-15H2,(H,27,30). The summed E-state index contributed by atoms with van der Waals surface area (Å²) in [7, 11) is 0. The number of rotatable bonds is 4. The van der Waals surface area contributed by atoms with Gasteiger partial charge in [-0.3, -0.25) is 19.8 Å². The van der Waals surface area contributed by atoms with Crippen LogP contribution in [0.4, 0.5) is 10.1 Å². The van der Waals surface area contributed by atoms with Crippen LogP contribution in [0.5, 0.6) is 0 Å². The summed E-state index contributed by atoms with van der Waals surface area (Å²) >= 11 is 0. The number of fused-ring (bicyclic) bond motifs is 1. The number of carbonyl (C=O) groups is 2. The number of ether oxygens (including phenoxy) is 1. The van der Waals surface area contributed by atoms with E-state index in [9.17, 15) is 14.0 Å². The minimum atomic E-state index is -0.421. The first kappa shape index (κ1) is 21.1. The van der Waals surface area contributed by atoms with E-state index in [1.54, 1.807) is 17.0 Å². The monoisotopic (exact) mass is 438 g/mol. The van der Waals surface area contributed by atoms with E-state index in [1.807, 2.05) is 24.3 Å². The van der Waals surface area contributed by atoms with E-state index in [1.165, 1.54) is 6.07 Å². The van der Waals surface area contributed by atoms with E-state index in [4.69, 9.17) is 4.74 Å². The van der Waals surface area contributed by atoms with Gasteiger partial charge in [-0.1, -0.05) is 30.3 Å². The number of carbonyl (C=O) groups excluding carboxylic acids is 2. The first-order valence-electron chi connectivity index (χ1n) is 11.1. The van der Waals surface area contributed by atoms with Gasteiger partial charge in [-0.2, -0.15) is 0 Å². The Bertz CT molecular complexity index is 1020. The number of morpholine rings is 1. The SMILES string of the molecule is O=C1CC(N2CCOCC2)NC(CC(=O)N2CCc3c(-c4ccccc4F)cccc32)N1. The van der Waals surface area contributed by atoms with Crippen LogP contribution in [-0.2, 0) is 20.7 Å². The minimum absolute atomic E-state index is 0.0540. The van der Waals surface area contributed by atoms with Crippen molar-refractivity contribution in [2.45, 2.75) is 31.6 Å². The Kier molecular flexibility index (Phi) is 5.91. The summed E-state index contributed by atoms with van der Waals surface area (Å²) in [6.07, 6.45) is 0.686. The predicted octanol–water partition coefficient (Wildman–Crippen LogP) is 1.87. The lowest BCUT2D eigenvalue weighted by Crippen LogP contribution is -2.63. The highest BCUT2D eigenvalue weighted by Gasteiger charge is 2.34. The number of halogens is 1. The van der Waals surface area contributed by atoms with Gasteiger partial charge in [-0.15, -0.1) is 0 Å². The van der Waals surface area contributed by atoms with E-state index in [2.05, 4.69) is 15.5 Å². The number of benzene rings is 2. The number of nitrogens with one attached hydrogen (secondary N) is 2. The van der Waals surface area contributed by atoms with Crippen LogP contribution in [0.3, 0.4) is 0 Å². The Morgan fingerprint density at radius 3 is 2.66 bits per heavy atom. The maximum atomic E-state index is 14.4. The van der Waals surface area contributed by atoms with E-state index in [-0.39, 0.29) is 30.2 Å². The van der Waals surface area contributed by atoms with Crippen LogP contribution >= 0.6 is 0 Å². The van der Waals surface area contributed by atoms with Crippen molar-refractivity contribution in [2.75, 3.05) is 37.7 Å². The number of nitrogens with zero attached hydrogens (tertiary/aromatic N) is 2. The fourth-order valence-electron chi connectivity index (χ4n) is 4.91. The second-order valence-electron chi connectivity index (χ2n) is 8.44. The third-order valence-corrected chi connectivity index (χ3v) is 6.47. The lowest BCUT2D eigenvalue weighted by atomic mass is 9.97. The third kappa shape index (κ3) is 4.13. The van der Waals surface area contributed by atoms with E-state index in [0.717, 1.165) is 29.9 Å². The van der Waals surface area contributed by atoms with Crippen molar-refractivity contribution in [3.05, 3.63) is 53.8 Å². The van der Waals surface area contributed by atoms with Crippen LogP contribution in [0, 0.1) is 5.82 Å². The summed E-state index contributed by atoms with van der Waals surface area (Å²) < 4.78 is 19.8. The number of anilines is 1. The fraction of sp³-hybridized carbons (Fsp3) is 0.417. The largest absolute Gasteiger partial charge is 0.379 e. The average Bonchev–Trinajstić information content (AvgIpc) is 3.24. The Balaban J connectivity index is 1.31. The Morgan fingerprint density at radius 1 is 1.06 bits per heavy atom. The van der Waals surface area contributed by atoms with E-state index < -0.39 is 6.17 Å². The molecule has 3 aliphatic rings. The molecule has 2 fully saturated rings. The first-order chi connectivity index (χ1) is 15.6. The zero-order valence-corrected chi connectivity index (χ0v) is 17.9. The zero-order valence-electron chi connectivity index (χ0n) is 17.9. The van der Waals surface area contributed by atoms with E-state index >= 15 is 0 Å². The highest BCUT2D eigenvalue weighted by molar-refractivity contribution is 5.97. The van der Waals surface area contributed by atoms with Crippen molar-refractivity contribution in [3.8, 4) is 11.1 Å². The van der Waals surface area contributed by atoms with Gasteiger partial charge in [0.15, 0.2) is 0 Å². The van der Waals surface area contributed by atoms with Crippen molar-refractivity contribution in [1.82, 2.24) is 15.5 Å². The fourth-order valence-corrected chi connectivity index (χ4v) is 4.91. The van der Waals surface area contributed by atoms with Gasteiger partial charge in [0.1, 0.15) is 5.82 Å². The van der Waals surface area contributed by atoms with Crippen LogP contribution in [-0.4, -0.2) is 61.9 Å². The molecule has 0 bridgehead atoms. The molecule has 2 amide bonds. The van der Waals surface area contributed by atoms with Crippen molar-refractivity contribution in [2.24, 2.45) is 0 Å². The second-order valence-corrected chi connectivity index (χ2v) is 8.44. The minimum Gasteiger partial charge on any atom is -0.379 e. The van der Waals surface area contributed by atoms with Gasteiger partial charge >= 0.3 is 0 Å². The normalized spacial score (nSPS) is 23.7. The molecule has 2 aromatic carbocycles. The van der Waals surface area contributed by atoms with Crippen LogP contribution in [0.25, 0.3) is 11.1 Å². The number of hydrogen-bond donors (Lipinski definition) is 2. The van der Waals surface area contributed by atoms with Crippen molar-refractivity contribution >= 4 is 17.5 Å². The molecule has 0 saturated carbocycles. The van der Waals surface area contributed by atoms with Gasteiger partial charge in [-0.25, -0.2) is 4.39 Å². The van der Waals surface area contributed by atoms with Crippen LogP contribution < -0.4 is 15.5 Å². The molecular weight excluding hydrogens is 411 g/mol. The predicted molar refractivity (Wildman–Crippen MR) is 118 cm³/mol. The van der Waals surface area contributed by atoms with Gasteiger partial charge < -0.3 is 15.0 Å². The summed E-state index contributed by atoms with van der Waals surface area (Å²) in [5.41, 5.74) is 3.18. The van der Waals surface area contributed by atoms with Crippen molar-refractivity contribution < 1.29 is 18.7 Å². The van der Waals surface area contributed by atoms with Gasteiger partial charge in [0.05, 0.1) is 38.4 Å². The molecule has 3 aliphatic heterocycles. The maximum Gasteiger partial charge on any atom is 0.230 e. The highest BCUT2D eigenvalue weighted by Crippen LogP contribution is 2.37. The van der Waals surface area contributed by atoms with Crippen molar-refractivity contribution in [3.63, 3.8) is 0 Å². The van der Waals surface area contributed by atoms with Gasteiger partial charge in [0.25, 0.3) is 0 Å². The topological polar surface area (TPSA) is 73.9 Å². The zero-order chi connectivity index (χ0) is 22.1. The van der Waals surface area contributed by atoms with Crippen LogP contribution in [0.15, 0.2) is 42.5 Å². The molecular formula is C24H27FN4O3. The molecule has 168 valence electrons. The smallest absolute Gasteiger partial charge is 0.230 e. The number of hydrogen-bond acceptors (Lipinski definition) is 5. The second kappa shape index (κ2) is 8.97. The summed E-state index contributed by atoms with van der Waals surface area (Å²) in [6.45, 7) is 3.39. The number of amides is 2. The first-order valence-corrected chi connectivity index (χ1v) is 11.1. The molecule has 7 nitrogen and oxygen atoms in total. The Hall–Kier alpha value is -2.81. The molecule has 2 N–H and O–H groups in total. The van der Waals surface area contributed by atoms with Crippen molar-refractivity contribution in [1.29, 1.82) is 0 Å². The molecule has 5 rings (SSSR count). The molecule has 0 aromatic heterocycles. The average molecular weight is 439 g/mol. The molecule has 0 radical (unpaired) electrons. The maximum absolute atomic E-state index is 14.4. The molecule has 2 saturated heterocycles. The summed E-state index contributed by atoms with van der Waals surface area (Å²) in [6, 6.07) is 12.4. The lowest BCUT2D eigenvalue weighted by Gasteiger charge is -2.40. The molecule has 2 aromatic rings. The van der Waals surface area contributed by atoms with Gasteiger partial charge in [0.2, 0.25) is 11.8 Å². The molecule has 8 heteroatoms. The highest BCUT2D eigenvalue weighted by atomic mass is 19.1. The van der Waals surface area contributed by atoms with Crippen LogP contribution in [0.2, 0.25) is 0 Å². The Morgan fingerprint density at radius 2 is 1.84 bits per heavy atom. The molecule has 0 aliphatic carbocycles. The molecule has 3 heterocycles. The third-order valence-electron chi connectivity index (χ3n) is 6.47. The quantitative estimate of drug-likeness (QED) is 0.763. The van der Waals surface area contributed by atoms with Crippen LogP contribution in [0.1, 0.15) is 18.4 Å². The summed E-state index contributed by atoms with van der Waals surface area (Å²) in [5, 5.41) is 6.32. The Labute approximate surface area is 186 Å². The lowest BCUT2D eigenvalue weighted by molar-refractivity contribution is -0.128. The molecule has 2 unspecified atom stereocenters. The van der Waals surface area contributed by atoms with E-state index in [0.29, 0.717) is 38.2 Å². The molecule has 0 spiro atoms. The summed E-state index contributed by atoms with van der Waals surface area (Å²) in [4.78, 5) is 29.5. The molecule has 32 heavy (non-hydrogen) atoms. The molecule has 2 atom stereocenters. The summed E-state index contributed by atoms with van der Waals surface area (Å²) in [5.74, 6) is -0.384. The van der Waals surface area contributed by atoms with Gasteiger partial charge in [-0.05, 0) is 29.7 Å².